The van der Waals surface area contributed by atoms with Crippen molar-refractivity contribution in [2.24, 2.45) is 5.92 Å². The molecule has 21 heavy (non-hydrogen) atoms. The van der Waals surface area contributed by atoms with Crippen molar-refractivity contribution in [3.05, 3.63) is 28.2 Å². The van der Waals surface area contributed by atoms with Gasteiger partial charge in [0.15, 0.2) is 0 Å². The van der Waals surface area contributed by atoms with Crippen LogP contribution in [-0.4, -0.2) is 38.0 Å². The Morgan fingerprint density at radius 2 is 1.95 bits per heavy atom. The summed E-state index contributed by atoms with van der Waals surface area (Å²) in [7, 11) is -3.45. The summed E-state index contributed by atoms with van der Waals surface area (Å²) in [5.74, 6) is -0.354. The maximum atomic E-state index is 12.0. The highest BCUT2D eigenvalue weighted by Gasteiger charge is 2.21. The average Bonchev–Trinajstić information content (AvgIpc) is 2.31. The molecule has 0 saturated heterocycles. The van der Waals surface area contributed by atoms with Crippen molar-refractivity contribution in [3.63, 3.8) is 0 Å². The predicted molar refractivity (Wildman–Crippen MR) is 86.3 cm³/mol. The summed E-state index contributed by atoms with van der Waals surface area (Å²) in [6.45, 7) is 3.77. The highest BCUT2D eigenvalue weighted by Crippen LogP contribution is 2.25. The van der Waals surface area contributed by atoms with Crippen LogP contribution in [-0.2, 0) is 14.8 Å². The lowest BCUT2D eigenvalue weighted by atomic mass is 10.2. The van der Waals surface area contributed by atoms with E-state index in [1.54, 1.807) is 12.1 Å². The highest BCUT2D eigenvalue weighted by atomic mass is 35.5. The number of sulfonamides is 1. The quantitative estimate of drug-likeness (QED) is 0.855. The number of halogens is 2. The van der Waals surface area contributed by atoms with E-state index in [1.807, 2.05) is 13.8 Å². The van der Waals surface area contributed by atoms with Crippen molar-refractivity contribution in [3.8, 4) is 0 Å². The van der Waals surface area contributed by atoms with Crippen LogP contribution in [0.5, 0.6) is 0 Å². The van der Waals surface area contributed by atoms with Crippen LogP contribution in [0.1, 0.15) is 13.8 Å². The molecule has 0 aromatic heterocycles. The molecule has 0 bridgehead atoms. The first-order chi connectivity index (χ1) is 9.59. The lowest BCUT2D eigenvalue weighted by molar-refractivity contribution is -0.116. The Labute approximate surface area is 135 Å². The Morgan fingerprint density at radius 1 is 1.33 bits per heavy atom. The fourth-order valence-electron chi connectivity index (χ4n) is 1.67. The first kappa shape index (κ1) is 18.2. The first-order valence-corrected chi connectivity index (χ1v) is 8.90. The summed E-state index contributed by atoms with van der Waals surface area (Å²) in [6, 6.07) is 4.66. The highest BCUT2D eigenvalue weighted by molar-refractivity contribution is 7.88. The van der Waals surface area contributed by atoms with Crippen LogP contribution in [0.3, 0.4) is 0 Å². The molecule has 0 spiro atoms. The van der Waals surface area contributed by atoms with Gasteiger partial charge in [0.25, 0.3) is 0 Å². The third-order valence-electron chi connectivity index (χ3n) is 2.56. The van der Waals surface area contributed by atoms with E-state index in [9.17, 15) is 13.2 Å². The van der Waals surface area contributed by atoms with Crippen LogP contribution in [0, 0.1) is 5.92 Å². The van der Waals surface area contributed by atoms with Crippen LogP contribution in [0.2, 0.25) is 10.0 Å². The van der Waals surface area contributed by atoms with Gasteiger partial charge in [-0.05, 0) is 24.1 Å². The Morgan fingerprint density at radius 3 is 2.48 bits per heavy atom. The summed E-state index contributed by atoms with van der Waals surface area (Å²) in [6.07, 6.45) is 1.08. The zero-order valence-corrected chi connectivity index (χ0v) is 14.4. The van der Waals surface area contributed by atoms with Crippen LogP contribution in [0.15, 0.2) is 18.2 Å². The number of nitrogens with one attached hydrogen (secondary N) is 1. The zero-order chi connectivity index (χ0) is 16.2. The molecular weight excluding hydrogens is 335 g/mol. The third kappa shape index (κ3) is 6.22. The minimum Gasteiger partial charge on any atom is -0.324 e. The molecule has 0 heterocycles. The number of amides is 1. The molecule has 0 aliphatic heterocycles. The molecule has 0 fully saturated rings. The minimum atomic E-state index is -3.45. The number of benzene rings is 1. The SMILES string of the molecule is CC(C)CN(CC(=O)Nc1cc(Cl)ccc1Cl)S(C)(=O)=O. The van der Waals surface area contributed by atoms with Gasteiger partial charge >= 0.3 is 0 Å². The van der Waals surface area contributed by atoms with E-state index in [2.05, 4.69) is 5.32 Å². The van der Waals surface area contributed by atoms with Gasteiger partial charge < -0.3 is 5.32 Å². The van der Waals surface area contributed by atoms with Crippen molar-refractivity contribution >= 4 is 44.8 Å². The Kier molecular flexibility index (Phi) is 6.46. The van der Waals surface area contributed by atoms with Gasteiger partial charge in [0.05, 0.1) is 23.5 Å². The maximum Gasteiger partial charge on any atom is 0.239 e. The van der Waals surface area contributed by atoms with Crippen molar-refractivity contribution < 1.29 is 13.2 Å². The number of hydrogen-bond acceptors (Lipinski definition) is 3. The van der Waals surface area contributed by atoms with Gasteiger partial charge in [-0.25, -0.2) is 8.42 Å². The molecule has 1 aromatic carbocycles. The molecule has 0 unspecified atom stereocenters. The number of carbonyl (C=O) groups excluding carboxylic acids is 1. The normalized spacial score (nSPS) is 12.0. The molecule has 1 aromatic rings. The van der Waals surface area contributed by atoms with Gasteiger partial charge in [0.2, 0.25) is 15.9 Å². The van der Waals surface area contributed by atoms with Crippen molar-refractivity contribution in [1.82, 2.24) is 4.31 Å². The summed E-state index contributed by atoms with van der Waals surface area (Å²) in [4.78, 5) is 12.0. The van der Waals surface area contributed by atoms with E-state index in [1.165, 1.54) is 6.07 Å². The van der Waals surface area contributed by atoms with E-state index in [0.29, 0.717) is 15.7 Å². The summed E-state index contributed by atoms with van der Waals surface area (Å²) in [5.41, 5.74) is 0.354. The van der Waals surface area contributed by atoms with Crippen LogP contribution in [0.4, 0.5) is 5.69 Å². The van der Waals surface area contributed by atoms with E-state index < -0.39 is 15.9 Å². The fraction of sp³-hybridized carbons (Fsp3) is 0.462. The van der Waals surface area contributed by atoms with Gasteiger partial charge in [0, 0.05) is 11.6 Å². The number of hydrogen-bond donors (Lipinski definition) is 1. The van der Waals surface area contributed by atoms with Crippen LogP contribution < -0.4 is 5.32 Å². The molecule has 5 nitrogen and oxygen atoms in total. The average molecular weight is 353 g/mol. The third-order valence-corrected chi connectivity index (χ3v) is 4.34. The van der Waals surface area contributed by atoms with Crippen molar-refractivity contribution in [2.75, 3.05) is 24.7 Å². The monoisotopic (exact) mass is 352 g/mol. The lowest BCUT2D eigenvalue weighted by Crippen LogP contribution is -2.39. The first-order valence-electron chi connectivity index (χ1n) is 6.29. The molecular formula is C13H18Cl2N2O3S. The maximum absolute atomic E-state index is 12.0. The second kappa shape index (κ2) is 7.45. The number of carbonyl (C=O) groups is 1. The van der Waals surface area contributed by atoms with E-state index in [4.69, 9.17) is 23.2 Å². The molecule has 0 radical (unpaired) electrons. The molecule has 1 amide bonds. The molecule has 8 heteroatoms. The topological polar surface area (TPSA) is 66.5 Å². The van der Waals surface area contributed by atoms with Crippen molar-refractivity contribution in [1.29, 1.82) is 0 Å². The molecule has 1 N–H and O–H groups in total. The molecule has 118 valence electrons. The van der Waals surface area contributed by atoms with Crippen LogP contribution in [0.25, 0.3) is 0 Å². The summed E-state index contributed by atoms with van der Waals surface area (Å²) in [5, 5.41) is 3.33. The zero-order valence-electron chi connectivity index (χ0n) is 12.1. The molecule has 0 aliphatic rings. The second-order valence-electron chi connectivity index (χ2n) is 5.12. The molecule has 0 aliphatic carbocycles. The van der Waals surface area contributed by atoms with E-state index in [-0.39, 0.29) is 19.0 Å². The largest absolute Gasteiger partial charge is 0.324 e. The summed E-state index contributed by atoms with van der Waals surface area (Å²) < 4.78 is 24.5. The lowest BCUT2D eigenvalue weighted by Gasteiger charge is -2.21. The van der Waals surface area contributed by atoms with Gasteiger partial charge in [-0.1, -0.05) is 37.0 Å². The smallest absolute Gasteiger partial charge is 0.239 e. The summed E-state index contributed by atoms with van der Waals surface area (Å²) >= 11 is 11.8. The predicted octanol–water partition coefficient (Wildman–Crippen LogP) is 2.85. The molecule has 1 rings (SSSR count). The standard InChI is InChI=1S/C13H18Cl2N2O3S/c1-9(2)7-17(21(3,19)20)8-13(18)16-12-6-10(14)4-5-11(12)15/h4-6,9H,7-8H2,1-3H3,(H,16,18). The van der Waals surface area contributed by atoms with Gasteiger partial charge in [-0.15, -0.1) is 0 Å². The Hall–Kier alpha value is -0.820. The number of nitrogens with zero attached hydrogens (tertiary/aromatic N) is 1. The number of rotatable bonds is 6. The van der Waals surface area contributed by atoms with E-state index in [0.717, 1.165) is 10.6 Å². The van der Waals surface area contributed by atoms with Gasteiger partial charge in [-0.3, -0.25) is 4.79 Å². The van der Waals surface area contributed by atoms with Gasteiger partial charge in [-0.2, -0.15) is 4.31 Å². The fourth-order valence-corrected chi connectivity index (χ4v) is 2.93. The van der Waals surface area contributed by atoms with Crippen molar-refractivity contribution in [2.45, 2.75) is 13.8 Å². The Bertz CT molecular complexity index is 618. The molecule has 0 atom stereocenters. The minimum absolute atomic E-state index is 0.113. The molecule has 0 saturated carbocycles. The van der Waals surface area contributed by atoms with E-state index >= 15 is 0 Å². The second-order valence-corrected chi connectivity index (χ2v) is 7.95. The van der Waals surface area contributed by atoms with Gasteiger partial charge in [0.1, 0.15) is 0 Å². The Balaban J connectivity index is 2.81. The number of anilines is 1. The van der Waals surface area contributed by atoms with Crippen LogP contribution >= 0.6 is 23.2 Å².